The summed E-state index contributed by atoms with van der Waals surface area (Å²) in [7, 11) is 0. The molecule has 2 amide bonds. The predicted octanol–water partition coefficient (Wildman–Crippen LogP) is 1.77. The zero-order valence-electron chi connectivity index (χ0n) is 16.8. The molecule has 7 nitrogen and oxygen atoms in total. The number of nitrogens with zero attached hydrogens (tertiary/aromatic N) is 4. The standard InChI is InChI=1S/C21H33N5O2/c27-21(22-19-3-5-20(6-4-19)25-7-1-2-8-25)26-13-11-23(12-14-26)9-10-24-15-17-28-18-16-24/h3-6H,1-2,7-18H2,(H,22,27). The fourth-order valence-corrected chi connectivity index (χ4v) is 4.22. The van der Waals surface area contributed by atoms with Crippen molar-refractivity contribution >= 4 is 17.4 Å². The molecular formula is C21H33N5O2. The van der Waals surface area contributed by atoms with Gasteiger partial charge in [-0.3, -0.25) is 9.80 Å². The Bertz CT molecular complexity index is 618. The number of amides is 2. The van der Waals surface area contributed by atoms with E-state index >= 15 is 0 Å². The van der Waals surface area contributed by atoms with Crippen LogP contribution in [0.5, 0.6) is 0 Å². The van der Waals surface area contributed by atoms with Crippen molar-refractivity contribution in [3.05, 3.63) is 24.3 Å². The van der Waals surface area contributed by atoms with Crippen molar-refractivity contribution in [2.24, 2.45) is 0 Å². The summed E-state index contributed by atoms with van der Waals surface area (Å²) in [6.45, 7) is 11.7. The summed E-state index contributed by atoms with van der Waals surface area (Å²) in [6, 6.07) is 8.28. The Hall–Kier alpha value is -1.83. The number of morpholine rings is 1. The van der Waals surface area contributed by atoms with Gasteiger partial charge in [-0.1, -0.05) is 0 Å². The molecular weight excluding hydrogens is 354 g/mol. The third kappa shape index (κ3) is 5.16. The van der Waals surface area contributed by atoms with Crippen LogP contribution in [0.2, 0.25) is 0 Å². The van der Waals surface area contributed by atoms with Gasteiger partial charge in [0.15, 0.2) is 0 Å². The first-order valence-corrected chi connectivity index (χ1v) is 10.7. The van der Waals surface area contributed by atoms with Gasteiger partial charge in [-0.2, -0.15) is 0 Å². The Morgan fingerprint density at radius 1 is 0.821 bits per heavy atom. The van der Waals surface area contributed by atoms with Crippen molar-refractivity contribution in [1.29, 1.82) is 0 Å². The van der Waals surface area contributed by atoms with Gasteiger partial charge in [0.1, 0.15) is 0 Å². The summed E-state index contributed by atoms with van der Waals surface area (Å²) in [6.07, 6.45) is 2.55. The summed E-state index contributed by atoms with van der Waals surface area (Å²) in [4.78, 5) is 21.8. The lowest BCUT2D eigenvalue weighted by molar-refractivity contribution is 0.0311. The highest BCUT2D eigenvalue weighted by Gasteiger charge is 2.22. The smallest absolute Gasteiger partial charge is 0.321 e. The van der Waals surface area contributed by atoms with Gasteiger partial charge in [-0.15, -0.1) is 0 Å². The van der Waals surface area contributed by atoms with Gasteiger partial charge in [-0.05, 0) is 37.1 Å². The van der Waals surface area contributed by atoms with Crippen LogP contribution in [0, 0.1) is 0 Å². The molecule has 3 aliphatic rings. The molecule has 1 aromatic carbocycles. The predicted molar refractivity (Wildman–Crippen MR) is 112 cm³/mol. The maximum Gasteiger partial charge on any atom is 0.321 e. The average Bonchev–Trinajstić information content (AvgIpc) is 3.29. The average molecular weight is 388 g/mol. The number of hydrogen-bond acceptors (Lipinski definition) is 5. The van der Waals surface area contributed by atoms with Crippen molar-refractivity contribution in [2.75, 3.05) is 88.9 Å². The lowest BCUT2D eigenvalue weighted by atomic mass is 10.2. The molecule has 28 heavy (non-hydrogen) atoms. The molecule has 0 unspecified atom stereocenters. The molecule has 0 aliphatic carbocycles. The first kappa shape index (κ1) is 19.5. The summed E-state index contributed by atoms with van der Waals surface area (Å²) in [5.74, 6) is 0. The lowest BCUT2D eigenvalue weighted by Gasteiger charge is -2.36. The first-order chi connectivity index (χ1) is 13.8. The molecule has 3 heterocycles. The third-order valence-electron chi connectivity index (χ3n) is 6.09. The van der Waals surface area contributed by atoms with E-state index in [1.807, 2.05) is 17.0 Å². The Kier molecular flexibility index (Phi) is 6.67. The molecule has 3 aliphatic heterocycles. The monoisotopic (exact) mass is 387 g/mol. The molecule has 0 saturated carbocycles. The van der Waals surface area contributed by atoms with Crippen LogP contribution in [0.3, 0.4) is 0 Å². The molecule has 1 N–H and O–H groups in total. The van der Waals surface area contributed by atoms with Gasteiger partial charge >= 0.3 is 6.03 Å². The molecule has 1 aromatic rings. The fourth-order valence-electron chi connectivity index (χ4n) is 4.22. The van der Waals surface area contributed by atoms with Crippen LogP contribution < -0.4 is 10.2 Å². The molecule has 3 fully saturated rings. The van der Waals surface area contributed by atoms with Gasteiger partial charge in [0.2, 0.25) is 0 Å². The molecule has 0 radical (unpaired) electrons. The summed E-state index contributed by atoms with van der Waals surface area (Å²) < 4.78 is 5.40. The third-order valence-corrected chi connectivity index (χ3v) is 6.09. The van der Waals surface area contributed by atoms with E-state index in [9.17, 15) is 4.79 Å². The van der Waals surface area contributed by atoms with E-state index in [4.69, 9.17) is 4.74 Å². The van der Waals surface area contributed by atoms with Crippen LogP contribution in [0.4, 0.5) is 16.2 Å². The number of nitrogens with one attached hydrogen (secondary N) is 1. The maximum absolute atomic E-state index is 12.6. The van der Waals surface area contributed by atoms with Gasteiger partial charge in [0.25, 0.3) is 0 Å². The molecule has 0 bridgehead atoms. The van der Waals surface area contributed by atoms with Crippen LogP contribution in [0.15, 0.2) is 24.3 Å². The van der Waals surface area contributed by atoms with E-state index in [1.54, 1.807) is 0 Å². The van der Waals surface area contributed by atoms with Crippen LogP contribution in [0.25, 0.3) is 0 Å². The zero-order valence-corrected chi connectivity index (χ0v) is 16.8. The summed E-state index contributed by atoms with van der Waals surface area (Å²) in [5.41, 5.74) is 2.13. The van der Waals surface area contributed by atoms with Crippen molar-refractivity contribution < 1.29 is 9.53 Å². The Morgan fingerprint density at radius 2 is 1.43 bits per heavy atom. The minimum Gasteiger partial charge on any atom is -0.379 e. The Balaban J connectivity index is 1.18. The van der Waals surface area contributed by atoms with E-state index in [-0.39, 0.29) is 6.03 Å². The molecule has 4 rings (SSSR count). The summed E-state index contributed by atoms with van der Waals surface area (Å²) in [5, 5.41) is 3.06. The number of hydrogen-bond donors (Lipinski definition) is 1. The van der Waals surface area contributed by atoms with Crippen LogP contribution in [0.1, 0.15) is 12.8 Å². The number of urea groups is 1. The zero-order chi connectivity index (χ0) is 19.2. The molecule has 0 spiro atoms. The first-order valence-electron chi connectivity index (χ1n) is 10.7. The minimum absolute atomic E-state index is 0.0155. The Morgan fingerprint density at radius 3 is 2.07 bits per heavy atom. The quantitative estimate of drug-likeness (QED) is 0.835. The largest absolute Gasteiger partial charge is 0.379 e. The highest BCUT2D eigenvalue weighted by Crippen LogP contribution is 2.22. The second kappa shape index (κ2) is 9.58. The fraction of sp³-hybridized carbons (Fsp3) is 0.667. The van der Waals surface area contributed by atoms with Crippen LogP contribution >= 0.6 is 0 Å². The van der Waals surface area contributed by atoms with Crippen molar-refractivity contribution in [3.63, 3.8) is 0 Å². The number of piperazine rings is 1. The highest BCUT2D eigenvalue weighted by atomic mass is 16.5. The van der Waals surface area contributed by atoms with E-state index in [0.717, 1.165) is 84.3 Å². The van der Waals surface area contributed by atoms with Crippen molar-refractivity contribution in [1.82, 2.24) is 14.7 Å². The topological polar surface area (TPSA) is 51.3 Å². The highest BCUT2D eigenvalue weighted by molar-refractivity contribution is 5.89. The van der Waals surface area contributed by atoms with E-state index < -0.39 is 0 Å². The molecule has 3 saturated heterocycles. The second-order valence-electron chi connectivity index (χ2n) is 7.95. The second-order valence-corrected chi connectivity index (χ2v) is 7.95. The van der Waals surface area contributed by atoms with Crippen LogP contribution in [-0.2, 0) is 4.74 Å². The number of rotatable bonds is 5. The van der Waals surface area contributed by atoms with Crippen molar-refractivity contribution in [3.8, 4) is 0 Å². The number of carbonyl (C=O) groups is 1. The molecule has 7 heteroatoms. The van der Waals surface area contributed by atoms with Gasteiger partial charge in [0, 0.05) is 76.8 Å². The minimum atomic E-state index is 0.0155. The number of carbonyl (C=O) groups excluding carboxylic acids is 1. The SMILES string of the molecule is O=C(Nc1ccc(N2CCCC2)cc1)N1CCN(CCN2CCOCC2)CC1. The molecule has 0 aromatic heterocycles. The molecule has 154 valence electrons. The van der Waals surface area contributed by atoms with Gasteiger partial charge in [-0.25, -0.2) is 4.79 Å². The summed E-state index contributed by atoms with van der Waals surface area (Å²) >= 11 is 0. The van der Waals surface area contributed by atoms with E-state index in [1.165, 1.54) is 18.5 Å². The van der Waals surface area contributed by atoms with Crippen molar-refractivity contribution in [2.45, 2.75) is 12.8 Å². The normalized spacial score (nSPS) is 21.9. The lowest BCUT2D eigenvalue weighted by Crippen LogP contribution is -2.51. The van der Waals surface area contributed by atoms with Crippen LogP contribution in [-0.4, -0.2) is 99.4 Å². The van der Waals surface area contributed by atoms with Gasteiger partial charge < -0.3 is 19.9 Å². The Labute approximate surface area is 168 Å². The number of ether oxygens (including phenoxy) is 1. The maximum atomic E-state index is 12.6. The van der Waals surface area contributed by atoms with E-state index in [2.05, 4.69) is 32.1 Å². The number of benzene rings is 1. The van der Waals surface area contributed by atoms with Gasteiger partial charge in [0.05, 0.1) is 13.2 Å². The molecule has 0 atom stereocenters. The van der Waals surface area contributed by atoms with E-state index in [0.29, 0.717) is 0 Å². The number of anilines is 2.